The van der Waals surface area contributed by atoms with Crippen molar-refractivity contribution in [1.29, 1.82) is 0 Å². The predicted molar refractivity (Wildman–Crippen MR) is 91.5 cm³/mol. The molecule has 0 spiro atoms. The quantitative estimate of drug-likeness (QED) is 0.792. The van der Waals surface area contributed by atoms with Gasteiger partial charge in [-0.05, 0) is 36.7 Å². The highest BCUT2D eigenvalue weighted by molar-refractivity contribution is 5.82. The molecule has 1 amide bonds. The van der Waals surface area contributed by atoms with Gasteiger partial charge in [0, 0.05) is 12.6 Å². The molecule has 1 N–H and O–H groups in total. The van der Waals surface area contributed by atoms with Crippen LogP contribution in [-0.2, 0) is 24.3 Å². The fraction of sp³-hybridized carbons (Fsp3) is 0.263. The maximum absolute atomic E-state index is 12.6. The first-order chi connectivity index (χ1) is 12.2. The molecule has 1 aliphatic rings. The molecule has 0 saturated carbocycles. The van der Waals surface area contributed by atoms with Gasteiger partial charge in [0.1, 0.15) is 5.69 Å². The lowest BCUT2D eigenvalue weighted by Crippen LogP contribution is -2.48. The van der Waals surface area contributed by atoms with Gasteiger partial charge in [-0.1, -0.05) is 29.4 Å². The van der Waals surface area contributed by atoms with Crippen LogP contribution in [0.25, 0.3) is 11.5 Å². The molecule has 3 heterocycles. The molecular formula is C19H19N3O3. The monoisotopic (exact) mass is 337 g/mol. The van der Waals surface area contributed by atoms with Crippen LogP contribution in [0.3, 0.4) is 0 Å². The summed E-state index contributed by atoms with van der Waals surface area (Å²) < 4.78 is 10.5. The van der Waals surface area contributed by atoms with Gasteiger partial charge in [0.2, 0.25) is 11.7 Å². The molecule has 0 fully saturated rings. The number of rotatable bonds is 4. The number of carbonyl (C=O) groups excluding carboxylic acids is 1. The molecule has 0 saturated heterocycles. The summed E-state index contributed by atoms with van der Waals surface area (Å²) in [7, 11) is 1.98. The highest BCUT2D eigenvalue weighted by Crippen LogP contribution is 2.23. The Hall–Kier alpha value is -2.86. The zero-order valence-electron chi connectivity index (χ0n) is 13.9. The van der Waals surface area contributed by atoms with Crippen LogP contribution < -0.4 is 5.32 Å². The molecule has 3 aromatic rings. The van der Waals surface area contributed by atoms with Gasteiger partial charge in [0.15, 0.2) is 5.76 Å². The van der Waals surface area contributed by atoms with E-state index < -0.39 is 0 Å². The minimum Gasteiger partial charge on any atom is -0.461 e. The first kappa shape index (κ1) is 15.7. The first-order valence-electron chi connectivity index (χ1n) is 8.25. The molecule has 4 rings (SSSR count). The molecule has 0 unspecified atom stereocenters. The first-order valence-corrected chi connectivity index (χ1v) is 8.25. The molecule has 0 radical (unpaired) electrons. The lowest BCUT2D eigenvalue weighted by Gasteiger charge is -2.32. The van der Waals surface area contributed by atoms with E-state index in [0.29, 0.717) is 23.8 Å². The highest BCUT2D eigenvalue weighted by atomic mass is 16.5. The Morgan fingerprint density at radius 3 is 2.88 bits per heavy atom. The Morgan fingerprint density at radius 2 is 2.08 bits per heavy atom. The minimum atomic E-state index is -0.175. The molecule has 0 aliphatic carbocycles. The smallest absolute Gasteiger partial charge is 0.238 e. The molecule has 1 aromatic carbocycles. The Labute approximate surface area is 145 Å². The van der Waals surface area contributed by atoms with Crippen LogP contribution in [0.5, 0.6) is 0 Å². The zero-order chi connectivity index (χ0) is 17.2. The largest absolute Gasteiger partial charge is 0.461 e. The van der Waals surface area contributed by atoms with E-state index in [0.717, 1.165) is 13.0 Å². The van der Waals surface area contributed by atoms with Gasteiger partial charge in [-0.15, -0.1) is 0 Å². The Balaban J connectivity index is 1.39. The molecule has 128 valence electrons. The topological polar surface area (TPSA) is 71.5 Å². The van der Waals surface area contributed by atoms with Gasteiger partial charge in [-0.25, -0.2) is 0 Å². The maximum Gasteiger partial charge on any atom is 0.238 e. The lowest BCUT2D eigenvalue weighted by molar-refractivity contribution is -0.126. The summed E-state index contributed by atoms with van der Waals surface area (Å²) in [5.41, 5.74) is 3.19. The van der Waals surface area contributed by atoms with E-state index in [-0.39, 0.29) is 11.9 Å². The Morgan fingerprint density at radius 1 is 1.24 bits per heavy atom. The van der Waals surface area contributed by atoms with E-state index >= 15 is 0 Å². The minimum absolute atomic E-state index is 0.000415. The normalized spacial score (nSPS) is 17.2. The van der Waals surface area contributed by atoms with Crippen molar-refractivity contribution in [3.8, 4) is 11.5 Å². The second-order valence-electron chi connectivity index (χ2n) is 6.28. The fourth-order valence-corrected chi connectivity index (χ4v) is 3.17. The van der Waals surface area contributed by atoms with Gasteiger partial charge in [-0.2, -0.15) is 0 Å². The molecular weight excluding hydrogens is 318 g/mol. The van der Waals surface area contributed by atoms with Gasteiger partial charge < -0.3 is 14.3 Å². The second kappa shape index (κ2) is 6.57. The van der Waals surface area contributed by atoms with Crippen molar-refractivity contribution in [2.45, 2.75) is 25.6 Å². The fourth-order valence-electron chi connectivity index (χ4n) is 3.17. The Bertz CT molecular complexity index is 870. The number of nitrogens with one attached hydrogen (secondary N) is 1. The number of carbonyl (C=O) groups is 1. The number of aromatic nitrogens is 1. The standard InChI is InChI=1S/C19H19N3O3/c1-22-12-14-6-3-2-5-13(14)9-16(22)19(23)20-11-15-10-18(25-21-15)17-7-4-8-24-17/h2-8,10,16H,9,11-12H2,1H3,(H,20,23)/t16-/m0/s1. The molecule has 0 bridgehead atoms. The molecule has 1 atom stereocenters. The van der Waals surface area contributed by atoms with Gasteiger partial charge in [-0.3, -0.25) is 9.69 Å². The SMILES string of the molecule is CN1Cc2ccccc2C[C@H]1C(=O)NCc1cc(-c2ccco2)on1. The molecule has 1 aliphatic heterocycles. The third kappa shape index (κ3) is 3.21. The lowest BCUT2D eigenvalue weighted by atomic mass is 9.94. The highest BCUT2D eigenvalue weighted by Gasteiger charge is 2.28. The van der Waals surface area contributed by atoms with Crippen LogP contribution in [0.15, 0.2) is 57.7 Å². The van der Waals surface area contributed by atoms with Crippen molar-refractivity contribution in [2.75, 3.05) is 7.05 Å². The molecule has 25 heavy (non-hydrogen) atoms. The summed E-state index contributed by atoms with van der Waals surface area (Å²) in [6, 6.07) is 13.5. The van der Waals surface area contributed by atoms with E-state index in [4.69, 9.17) is 8.94 Å². The van der Waals surface area contributed by atoms with Crippen LogP contribution in [0.1, 0.15) is 16.8 Å². The summed E-state index contributed by atoms with van der Waals surface area (Å²) in [6.45, 7) is 1.11. The zero-order valence-corrected chi connectivity index (χ0v) is 13.9. The van der Waals surface area contributed by atoms with Crippen molar-refractivity contribution in [2.24, 2.45) is 0 Å². The van der Waals surface area contributed by atoms with E-state index in [1.54, 1.807) is 24.5 Å². The summed E-state index contributed by atoms with van der Waals surface area (Å²) in [5.74, 6) is 1.17. The number of hydrogen-bond donors (Lipinski definition) is 1. The third-order valence-corrected chi connectivity index (χ3v) is 4.55. The number of amides is 1. The van der Waals surface area contributed by atoms with Crippen LogP contribution in [0, 0.1) is 0 Å². The van der Waals surface area contributed by atoms with Crippen LogP contribution >= 0.6 is 0 Å². The van der Waals surface area contributed by atoms with Crippen LogP contribution in [0.2, 0.25) is 0 Å². The summed E-state index contributed by atoms with van der Waals surface area (Å²) in [5, 5.41) is 6.94. The van der Waals surface area contributed by atoms with E-state index in [1.807, 2.05) is 19.2 Å². The maximum atomic E-state index is 12.6. The van der Waals surface area contributed by atoms with Crippen molar-refractivity contribution >= 4 is 5.91 Å². The summed E-state index contributed by atoms with van der Waals surface area (Å²) in [4.78, 5) is 14.7. The van der Waals surface area contributed by atoms with E-state index in [9.17, 15) is 4.79 Å². The van der Waals surface area contributed by atoms with E-state index in [1.165, 1.54) is 11.1 Å². The molecule has 6 heteroatoms. The Kier molecular flexibility index (Phi) is 4.11. The second-order valence-corrected chi connectivity index (χ2v) is 6.28. The third-order valence-electron chi connectivity index (χ3n) is 4.55. The van der Waals surface area contributed by atoms with Gasteiger partial charge >= 0.3 is 0 Å². The van der Waals surface area contributed by atoms with Crippen molar-refractivity contribution in [3.63, 3.8) is 0 Å². The molecule has 6 nitrogen and oxygen atoms in total. The van der Waals surface area contributed by atoms with Crippen LogP contribution in [0.4, 0.5) is 0 Å². The number of fused-ring (bicyclic) bond motifs is 1. The number of nitrogens with zero attached hydrogens (tertiary/aromatic N) is 2. The molecule has 2 aromatic heterocycles. The number of likely N-dealkylation sites (N-methyl/N-ethyl adjacent to an activating group) is 1. The number of benzene rings is 1. The number of hydrogen-bond acceptors (Lipinski definition) is 5. The van der Waals surface area contributed by atoms with Crippen molar-refractivity contribution < 1.29 is 13.7 Å². The van der Waals surface area contributed by atoms with Crippen LogP contribution in [-0.4, -0.2) is 29.1 Å². The van der Waals surface area contributed by atoms with Crippen molar-refractivity contribution in [1.82, 2.24) is 15.4 Å². The van der Waals surface area contributed by atoms with E-state index in [2.05, 4.69) is 27.5 Å². The predicted octanol–water partition coefficient (Wildman–Crippen LogP) is 2.61. The van der Waals surface area contributed by atoms with Gasteiger partial charge in [0.05, 0.1) is 18.8 Å². The summed E-state index contributed by atoms with van der Waals surface area (Å²) >= 11 is 0. The van der Waals surface area contributed by atoms with Crippen molar-refractivity contribution in [3.05, 3.63) is 65.5 Å². The van der Waals surface area contributed by atoms with Gasteiger partial charge in [0.25, 0.3) is 0 Å². The summed E-state index contributed by atoms with van der Waals surface area (Å²) in [6.07, 6.45) is 2.30. The average Bonchev–Trinajstić information content (AvgIpc) is 3.30. The number of furan rings is 1. The average molecular weight is 337 g/mol.